The predicted octanol–water partition coefficient (Wildman–Crippen LogP) is 17.7. The normalized spacial score (nSPS) is 15.6. The van der Waals surface area contributed by atoms with Crippen LogP contribution >= 0.6 is 11.3 Å². The van der Waals surface area contributed by atoms with Gasteiger partial charge in [0.1, 0.15) is 0 Å². The van der Waals surface area contributed by atoms with E-state index < -0.39 is 35.6 Å². The largest absolute Gasteiger partial charge is 0.310 e. The maximum atomic E-state index is 10.2. The van der Waals surface area contributed by atoms with E-state index in [1.807, 2.05) is 72.8 Å². The molecule has 0 fully saturated rings. The number of para-hydroxylation sites is 3. The average Bonchev–Trinajstić information content (AvgIpc) is 3.95. The van der Waals surface area contributed by atoms with Gasteiger partial charge in [0.25, 0.3) is 0 Å². The van der Waals surface area contributed by atoms with Gasteiger partial charge in [-0.25, -0.2) is 0 Å². The van der Waals surface area contributed by atoms with E-state index in [1.165, 1.54) is 0 Å². The van der Waals surface area contributed by atoms with Crippen molar-refractivity contribution in [3.05, 3.63) is 277 Å². The second-order valence-electron chi connectivity index (χ2n) is 16.7. The minimum atomic E-state index is -1.45. The van der Waals surface area contributed by atoms with Gasteiger partial charge >= 0.3 is 0 Å². The Bertz CT molecular complexity index is 4150. The van der Waals surface area contributed by atoms with E-state index in [0.717, 1.165) is 92.9 Å². The molecule has 0 amide bonds. The summed E-state index contributed by atoms with van der Waals surface area (Å²) in [7, 11) is 0. The highest BCUT2D eigenvalue weighted by Crippen LogP contribution is 2.60. The number of hydrogen-bond donors (Lipinski definition) is 0. The third-order valence-electron chi connectivity index (χ3n) is 13.2. The molecule has 13 rings (SSSR count). The molecule has 1 aromatic heterocycles. The van der Waals surface area contributed by atoms with Crippen molar-refractivity contribution in [1.29, 1.82) is 0 Å². The van der Waals surface area contributed by atoms with E-state index in [4.69, 9.17) is 2.74 Å². The summed E-state index contributed by atoms with van der Waals surface area (Å²) in [6, 6.07) is 70.1. The predicted molar refractivity (Wildman–Crippen MR) is 281 cm³/mol. The fraction of sp³-hybridized carbons (Fsp3) is 0.0159. The Balaban J connectivity index is 1.20. The van der Waals surface area contributed by atoms with Gasteiger partial charge in [-0.3, -0.25) is 0 Å². The lowest BCUT2D eigenvalue weighted by molar-refractivity contribution is 0.778. The number of benzene rings is 11. The smallest absolute Gasteiger partial charge is 0.0720 e. The highest BCUT2D eigenvalue weighted by atomic mass is 32.1. The maximum Gasteiger partial charge on any atom is 0.0720 e. The molecule has 0 aliphatic heterocycles. The zero-order valence-electron chi connectivity index (χ0n) is 42.5. The summed E-state index contributed by atoms with van der Waals surface area (Å²) in [6.45, 7) is 0. The molecule has 0 saturated carbocycles. The quantitative estimate of drug-likeness (QED) is 0.150. The summed E-state index contributed by atoms with van der Waals surface area (Å²) in [4.78, 5) is 4.49. The molecular formula is C63H42N2S. The van der Waals surface area contributed by atoms with Gasteiger partial charge in [-0.1, -0.05) is 176 Å². The van der Waals surface area contributed by atoms with Crippen molar-refractivity contribution in [2.45, 2.75) is 5.41 Å². The van der Waals surface area contributed by atoms with Crippen LogP contribution in [0.1, 0.15) is 31.8 Å². The van der Waals surface area contributed by atoms with E-state index in [9.17, 15) is 6.85 Å². The minimum Gasteiger partial charge on any atom is -0.310 e. The molecule has 0 spiro atoms. The maximum absolute atomic E-state index is 10.2. The van der Waals surface area contributed by atoms with Crippen LogP contribution in [0.4, 0.5) is 34.1 Å². The van der Waals surface area contributed by atoms with Crippen molar-refractivity contribution in [2.75, 3.05) is 9.80 Å². The Labute approximate surface area is 398 Å². The van der Waals surface area contributed by atoms with Crippen LogP contribution in [0.5, 0.6) is 0 Å². The number of fused-ring (bicyclic) bond motifs is 8. The van der Waals surface area contributed by atoms with Gasteiger partial charge in [0.15, 0.2) is 0 Å². The number of hydrogen-bond acceptors (Lipinski definition) is 3. The van der Waals surface area contributed by atoms with Crippen LogP contribution in [0.15, 0.2) is 255 Å². The summed E-state index contributed by atoms with van der Waals surface area (Å²) in [5.74, 6) is 0. The fourth-order valence-electron chi connectivity index (χ4n) is 10.4. The van der Waals surface area contributed by atoms with Gasteiger partial charge in [-0.15, -0.1) is 11.3 Å². The highest BCUT2D eigenvalue weighted by molar-refractivity contribution is 7.25. The zero-order valence-corrected chi connectivity index (χ0v) is 36.3. The van der Waals surface area contributed by atoms with Gasteiger partial charge in [0.2, 0.25) is 0 Å². The molecule has 1 aliphatic rings. The summed E-state index contributed by atoms with van der Waals surface area (Å²) >= 11 is 1.67. The average molecular weight is 866 g/mol. The molecule has 11 aromatic carbocycles. The van der Waals surface area contributed by atoms with Crippen LogP contribution in [-0.2, 0) is 5.41 Å². The summed E-state index contributed by atoms with van der Waals surface area (Å²) < 4.78 is 68.1. The molecule has 310 valence electrons. The van der Waals surface area contributed by atoms with Gasteiger partial charge < -0.3 is 9.80 Å². The third-order valence-corrected chi connectivity index (χ3v) is 14.3. The van der Waals surface area contributed by atoms with Crippen molar-refractivity contribution in [3.63, 3.8) is 0 Å². The number of anilines is 6. The number of rotatable bonds is 8. The monoisotopic (exact) mass is 865 g/mol. The zero-order chi connectivity index (χ0) is 49.7. The lowest BCUT2D eigenvalue weighted by atomic mass is 9.66. The lowest BCUT2D eigenvalue weighted by Gasteiger charge is -2.35. The first-order chi connectivity index (χ1) is 35.6. The van der Waals surface area contributed by atoms with Gasteiger partial charge in [0, 0.05) is 54.0 Å². The third kappa shape index (κ3) is 5.94. The van der Waals surface area contributed by atoms with Crippen LogP contribution in [0, 0.1) is 0 Å². The topological polar surface area (TPSA) is 6.48 Å². The van der Waals surface area contributed by atoms with Gasteiger partial charge in [-0.2, -0.15) is 0 Å². The minimum absolute atomic E-state index is 0.0530. The van der Waals surface area contributed by atoms with Crippen LogP contribution in [0.3, 0.4) is 0 Å². The van der Waals surface area contributed by atoms with E-state index in [0.29, 0.717) is 0 Å². The molecule has 2 nitrogen and oxygen atoms in total. The van der Waals surface area contributed by atoms with E-state index in [1.54, 1.807) is 11.3 Å². The fourth-order valence-corrected chi connectivity index (χ4v) is 11.5. The van der Waals surface area contributed by atoms with Crippen molar-refractivity contribution in [2.24, 2.45) is 0 Å². The molecule has 0 radical (unpaired) electrons. The number of thiophene rings is 1. The number of nitrogens with zero attached hydrogens (tertiary/aromatic N) is 2. The van der Waals surface area contributed by atoms with Crippen LogP contribution in [-0.4, -0.2) is 0 Å². The van der Waals surface area contributed by atoms with Crippen LogP contribution in [0.25, 0.3) is 52.8 Å². The van der Waals surface area contributed by atoms with Crippen LogP contribution in [0.2, 0.25) is 0 Å². The summed E-state index contributed by atoms with van der Waals surface area (Å²) in [5, 5.41) is 4.32. The Morgan fingerprint density at radius 2 is 0.909 bits per heavy atom. The summed E-state index contributed by atoms with van der Waals surface area (Å²) in [5.41, 5.74) is 8.38. The Morgan fingerprint density at radius 3 is 1.62 bits per heavy atom. The van der Waals surface area contributed by atoms with Gasteiger partial charge in [0.05, 0.1) is 20.7 Å². The Hall–Kier alpha value is -8.24. The molecule has 1 heterocycles. The van der Waals surface area contributed by atoms with E-state index in [-0.39, 0.29) is 28.4 Å². The lowest BCUT2D eigenvalue weighted by Crippen LogP contribution is -2.29. The first-order valence-corrected chi connectivity index (χ1v) is 22.9. The van der Waals surface area contributed by atoms with Crippen molar-refractivity contribution in [3.8, 4) is 11.1 Å². The van der Waals surface area contributed by atoms with Crippen molar-refractivity contribution in [1.82, 2.24) is 0 Å². The molecule has 66 heavy (non-hydrogen) atoms. The molecule has 12 aromatic rings. The molecule has 0 N–H and O–H groups in total. The molecule has 3 heteroatoms. The molecule has 1 unspecified atom stereocenters. The molecule has 1 aliphatic carbocycles. The first kappa shape index (κ1) is 31.6. The van der Waals surface area contributed by atoms with E-state index in [2.05, 4.69) is 149 Å². The summed E-state index contributed by atoms with van der Waals surface area (Å²) in [6.07, 6.45) is 0. The Kier molecular flexibility index (Phi) is 7.41. The van der Waals surface area contributed by atoms with Crippen molar-refractivity contribution >= 4 is 87.2 Å². The SMILES string of the molecule is [2H]c1c([2H])c([2H])c2c(C3(c4ccc5c(c4)sc4ccccc45)c4ccc(N(c5ccccc5)c5ccccc5)cc4-c4cc(N(c5ccccc5)c5cccc6ccccc56)ccc43)c([2H])c([2H])c([2H])c2c1[2H]. The second-order valence-corrected chi connectivity index (χ2v) is 17.8. The molecular weight excluding hydrogens is 817 g/mol. The highest BCUT2D eigenvalue weighted by Gasteiger charge is 2.47. The molecule has 0 saturated heterocycles. The Morgan fingerprint density at radius 1 is 0.348 bits per heavy atom. The second kappa shape index (κ2) is 15.5. The van der Waals surface area contributed by atoms with E-state index >= 15 is 0 Å². The molecule has 1 atom stereocenters. The van der Waals surface area contributed by atoms with Gasteiger partial charge in [-0.05, 0) is 128 Å². The molecule has 0 bridgehead atoms. The standard InChI is InChI=1S/C63H42N2S/c1-4-22-46(23-5-1)64(47-24-6-2-7-25-47)49-35-38-58-55(41-49)56-42-50(65(48-26-8-3-9-27-48)60-32-17-21-44-19-11-13-29-52(44)60)36-39-59(56)63(58,57-31-16-20-43-18-10-12-28-51(43)57)45-34-37-54-53-30-14-15-33-61(53)66-62(54)40-45/h1-42H/i10D,12D,16D,18D,20D,28D,31D. The van der Waals surface area contributed by atoms with Crippen molar-refractivity contribution < 1.29 is 9.60 Å². The van der Waals surface area contributed by atoms with Crippen LogP contribution < -0.4 is 9.80 Å². The first-order valence-electron chi connectivity index (χ1n) is 25.6.